The lowest BCUT2D eigenvalue weighted by molar-refractivity contribution is -0.121. The van der Waals surface area contributed by atoms with Crippen LogP contribution in [0.1, 0.15) is 5.56 Å². The highest BCUT2D eigenvalue weighted by Gasteiger charge is 2.42. The van der Waals surface area contributed by atoms with Gasteiger partial charge in [-0.1, -0.05) is 65.1 Å². The van der Waals surface area contributed by atoms with Crippen LogP contribution in [0.4, 0.5) is 5.69 Å². The molecule has 8 heteroatoms. The van der Waals surface area contributed by atoms with Crippen molar-refractivity contribution in [3.63, 3.8) is 0 Å². The number of carbonyl (C=O) groups excluding carboxylic acids is 2. The molecule has 0 unspecified atom stereocenters. The van der Waals surface area contributed by atoms with Gasteiger partial charge in [-0.15, -0.1) is 0 Å². The molecule has 0 spiro atoms. The molecule has 0 bridgehead atoms. The molecular formula is C21H18Cl3N3O2. The summed E-state index contributed by atoms with van der Waals surface area (Å²) in [6.45, 7) is 3.64. The predicted octanol–water partition coefficient (Wildman–Crippen LogP) is 4.13. The van der Waals surface area contributed by atoms with Crippen LogP contribution in [0, 0.1) is 0 Å². The van der Waals surface area contributed by atoms with E-state index in [0.717, 1.165) is 24.5 Å². The van der Waals surface area contributed by atoms with Crippen LogP contribution in [-0.4, -0.2) is 47.8 Å². The number of anilines is 1. The Hall–Kier alpha value is -2.05. The van der Waals surface area contributed by atoms with Crippen molar-refractivity contribution in [2.45, 2.75) is 6.54 Å². The van der Waals surface area contributed by atoms with Crippen LogP contribution in [0.5, 0.6) is 0 Å². The fraction of sp³-hybridized carbons (Fsp3) is 0.238. The maximum absolute atomic E-state index is 13.0. The Morgan fingerprint density at radius 3 is 2.14 bits per heavy atom. The minimum absolute atomic E-state index is 0.0578. The molecule has 0 aromatic heterocycles. The van der Waals surface area contributed by atoms with Crippen LogP contribution >= 0.6 is 34.8 Å². The van der Waals surface area contributed by atoms with Gasteiger partial charge in [0.25, 0.3) is 11.8 Å². The van der Waals surface area contributed by atoms with E-state index in [1.165, 1.54) is 11.6 Å². The monoisotopic (exact) mass is 449 g/mol. The molecule has 0 N–H and O–H groups in total. The molecule has 150 valence electrons. The minimum atomic E-state index is -0.545. The summed E-state index contributed by atoms with van der Waals surface area (Å²) in [6.07, 6.45) is 0. The van der Waals surface area contributed by atoms with E-state index >= 15 is 0 Å². The average Bonchev–Trinajstić information content (AvgIpc) is 2.94. The molecule has 0 aliphatic carbocycles. The van der Waals surface area contributed by atoms with E-state index in [1.54, 1.807) is 12.1 Å². The number of nitrogens with zero attached hydrogens (tertiary/aromatic N) is 3. The van der Waals surface area contributed by atoms with Crippen molar-refractivity contribution in [1.82, 2.24) is 9.80 Å². The van der Waals surface area contributed by atoms with E-state index in [4.69, 9.17) is 34.8 Å². The van der Waals surface area contributed by atoms with Crippen LogP contribution in [0.15, 0.2) is 59.3 Å². The predicted molar refractivity (Wildman–Crippen MR) is 115 cm³/mol. The molecule has 0 radical (unpaired) electrons. The lowest BCUT2D eigenvalue weighted by Gasteiger charge is -2.36. The van der Waals surface area contributed by atoms with Crippen molar-refractivity contribution in [3.8, 4) is 0 Å². The summed E-state index contributed by atoms with van der Waals surface area (Å²) in [5.74, 6) is -0.980. The molecule has 2 heterocycles. The Balaban J connectivity index is 1.47. The summed E-state index contributed by atoms with van der Waals surface area (Å²) in [5.41, 5.74) is 1.85. The molecule has 29 heavy (non-hydrogen) atoms. The highest BCUT2D eigenvalue weighted by molar-refractivity contribution is 6.52. The van der Waals surface area contributed by atoms with Gasteiger partial charge in [0.05, 0.1) is 15.7 Å². The number of rotatable bonds is 4. The number of hydrogen-bond acceptors (Lipinski definition) is 4. The van der Waals surface area contributed by atoms with E-state index in [9.17, 15) is 9.59 Å². The number of carbonyl (C=O) groups is 2. The Morgan fingerprint density at radius 2 is 1.48 bits per heavy atom. The Kier molecular flexibility index (Phi) is 5.83. The normalized spacial score (nSPS) is 18.2. The first-order chi connectivity index (χ1) is 14.0. The second-order valence-electron chi connectivity index (χ2n) is 6.96. The van der Waals surface area contributed by atoms with E-state index in [0.29, 0.717) is 23.8 Å². The molecule has 5 nitrogen and oxygen atoms in total. The number of amides is 2. The van der Waals surface area contributed by atoms with Crippen LogP contribution < -0.4 is 4.90 Å². The Morgan fingerprint density at radius 1 is 0.793 bits per heavy atom. The molecule has 2 aliphatic heterocycles. The molecular weight excluding hydrogens is 433 g/mol. The molecule has 1 fully saturated rings. The van der Waals surface area contributed by atoms with Crippen LogP contribution in [0.3, 0.4) is 0 Å². The molecule has 2 aromatic rings. The molecule has 0 atom stereocenters. The smallest absolute Gasteiger partial charge is 0.283 e. The number of imide groups is 1. The van der Waals surface area contributed by atoms with Gasteiger partial charge < -0.3 is 4.90 Å². The number of hydrogen-bond donors (Lipinski definition) is 0. The highest BCUT2D eigenvalue weighted by atomic mass is 35.5. The third-order valence-corrected chi connectivity index (χ3v) is 6.18. The highest BCUT2D eigenvalue weighted by Crippen LogP contribution is 2.34. The van der Waals surface area contributed by atoms with Gasteiger partial charge in [-0.2, -0.15) is 0 Å². The quantitative estimate of drug-likeness (QED) is 0.657. The van der Waals surface area contributed by atoms with Crippen molar-refractivity contribution in [1.29, 1.82) is 0 Å². The zero-order valence-electron chi connectivity index (χ0n) is 15.4. The molecule has 0 saturated carbocycles. The summed E-state index contributed by atoms with van der Waals surface area (Å²) in [6, 6.07) is 14.9. The Bertz CT molecular complexity index is 986. The van der Waals surface area contributed by atoms with Crippen LogP contribution in [0.25, 0.3) is 0 Å². The standard InChI is InChI=1S/C21H18Cl3N3O2/c22-16-7-6-15(12-17(16)23)27-20(28)18(24)19(21(27)29)26-10-8-25(9-11-26)13-14-4-2-1-3-5-14/h1-7,12H,8-11,13H2. The topological polar surface area (TPSA) is 43.9 Å². The first-order valence-corrected chi connectivity index (χ1v) is 10.3. The van der Waals surface area contributed by atoms with Gasteiger partial charge >= 0.3 is 0 Å². The molecule has 1 saturated heterocycles. The zero-order valence-corrected chi connectivity index (χ0v) is 17.7. The first kappa shape index (κ1) is 20.2. The SMILES string of the molecule is O=C1C(Cl)=C(N2CCN(Cc3ccccc3)CC2)C(=O)N1c1ccc(Cl)c(Cl)c1. The van der Waals surface area contributed by atoms with E-state index in [2.05, 4.69) is 17.0 Å². The zero-order chi connectivity index (χ0) is 20.5. The molecule has 2 aromatic carbocycles. The van der Waals surface area contributed by atoms with Gasteiger partial charge in [-0.05, 0) is 23.8 Å². The van der Waals surface area contributed by atoms with E-state index in [1.807, 2.05) is 23.1 Å². The van der Waals surface area contributed by atoms with Gasteiger partial charge in [-0.3, -0.25) is 14.5 Å². The first-order valence-electron chi connectivity index (χ1n) is 9.20. The van der Waals surface area contributed by atoms with E-state index in [-0.39, 0.29) is 15.8 Å². The van der Waals surface area contributed by atoms with Gasteiger partial charge in [0.15, 0.2) is 0 Å². The fourth-order valence-corrected chi connectivity index (χ4v) is 4.17. The maximum atomic E-state index is 13.0. The molecule has 4 rings (SSSR count). The maximum Gasteiger partial charge on any atom is 0.283 e. The largest absolute Gasteiger partial charge is 0.363 e. The lowest BCUT2D eigenvalue weighted by atomic mass is 10.2. The third-order valence-electron chi connectivity index (χ3n) is 5.10. The van der Waals surface area contributed by atoms with E-state index < -0.39 is 11.8 Å². The van der Waals surface area contributed by atoms with Crippen molar-refractivity contribution in [2.75, 3.05) is 31.1 Å². The summed E-state index contributed by atoms with van der Waals surface area (Å²) >= 11 is 18.3. The number of piperazine rings is 1. The van der Waals surface area contributed by atoms with Crippen molar-refractivity contribution in [3.05, 3.63) is 74.9 Å². The molecule has 2 aliphatic rings. The number of benzene rings is 2. The Labute approximate surface area is 184 Å². The number of halogens is 3. The van der Waals surface area contributed by atoms with Crippen LogP contribution in [0.2, 0.25) is 10.0 Å². The minimum Gasteiger partial charge on any atom is -0.363 e. The van der Waals surface area contributed by atoms with Gasteiger partial charge in [-0.25, -0.2) is 4.90 Å². The van der Waals surface area contributed by atoms with Crippen molar-refractivity contribution in [2.24, 2.45) is 0 Å². The summed E-state index contributed by atoms with van der Waals surface area (Å²) < 4.78 is 0. The summed E-state index contributed by atoms with van der Waals surface area (Å²) in [4.78, 5) is 31.0. The van der Waals surface area contributed by atoms with Gasteiger partial charge in [0, 0.05) is 32.7 Å². The summed E-state index contributed by atoms with van der Waals surface area (Å²) in [5, 5.41) is 0.560. The van der Waals surface area contributed by atoms with Crippen molar-refractivity contribution < 1.29 is 9.59 Å². The summed E-state index contributed by atoms with van der Waals surface area (Å²) in [7, 11) is 0. The lowest BCUT2D eigenvalue weighted by Crippen LogP contribution is -2.47. The van der Waals surface area contributed by atoms with Crippen molar-refractivity contribution >= 4 is 52.3 Å². The van der Waals surface area contributed by atoms with Crippen LogP contribution in [-0.2, 0) is 16.1 Å². The third kappa shape index (κ3) is 4.01. The second-order valence-corrected chi connectivity index (χ2v) is 8.15. The van der Waals surface area contributed by atoms with Gasteiger partial charge in [0.1, 0.15) is 10.7 Å². The van der Waals surface area contributed by atoms with Gasteiger partial charge in [0.2, 0.25) is 0 Å². The average molecular weight is 451 g/mol. The fourth-order valence-electron chi connectivity index (χ4n) is 3.60. The molecule has 2 amide bonds. The second kappa shape index (κ2) is 8.36.